The Bertz CT molecular complexity index is 6760. The molecule has 8 heteroatoms. The molecule has 4 N–H and O–H groups in total. The lowest BCUT2D eigenvalue weighted by molar-refractivity contribution is 0.415. The highest BCUT2D eigenvalue weighted by Gasteiger charge is 2.50. The van der Waals surface area contributed by atoms with Crippen molar-refractivity contribution in [3.63, 3.8) is 0 Å². The summed E-state index contributed by atoms with van der Waals surface area (Å²) in [6.45, 7) is 4.68. The number of ether oxygens (including phenoxy) is 1. The van der Waals surface area contributed by atoms with Crippen molar-refractivity contribution in [3.05, 3.63) is 458 Å². The largest absolute Gasteiger partial charge is 0.497 e. The topological polar surface area (TPSA) is 83.4 Å². The highest BCUT2D eigenvalue weighted by molar-refractivity contribution is 7.99. The molecule has 1 aliphatic heterocycles. The van der Waals surface area contributed by atoms with Gasteiger partial charge in [0.15, 0.2) is 5.58 Å². The smallest absolute Gasteiger partial charge is 0.227 e. The third-order valence-electron chi connectivity index (χ3n) is 22.8. The number of anilines is 8. The minimum atomic E-state index is -0.321. The van der Waals surface area contributed by atoms with Gasteiger partial charge in [0.1, 0.15) is 11.3 Å². The summed E-state index contributed by atoms with van der Waals surface area (Å²) in [7, 11) is 1.68. The number of hydrogen-bond donors (Lipinski definition) is 4. The van der Waals surface area contributed by atoms with Gasteiger partial charge in [0.2, 0.25) is 5.89 Å². The molecular formula is C110H83N5O2S. The molecule has 1 spiro atoms. The van der Waals surface area contributed by atoms with E-state index in [0.29, 0.717) is 5.89 Å². The van der Waals surface area contributed by atoms with Crippen LogP contribution in [0.4, 0.5) is 45.5 Å². The number of benzene rings is 18. The molecule has 1 aromatic heterocycles. The van der Waals surface area contributed by atoms with Crippen molar-refractivity contribution in [2.24, 2.45) is 0 Å². The lowest BCUT2D eigenvalue weighted by atomic mass is 9.67. The molecule has 19 aromatic rings. The van der Waals surface area contributed by atoms with Gasteiger partial charge in [-0.2, -0.15) is 0 Å². The van der Waals surface area contributed by atoms with Gasteiger partial charge < -0.3 is 30.4 Å². The Labute approximate surface area is 693 Å². The molecule has 566 valence electrons. The van der Waals surface area contributed by atoms with Crippen molar-refractivity contribution in [1.29, 1.82) is 0 Å². The minimum absolute atomic E-state index is 0.0371. The van der Waals surface area contributed by atoms with Gasteiger partial charge in [0, 0.05) is 72.3 Å². The molecule has 2 heterocycles. The normalized spacial score (nSPS) is 12.5. The maximum Gasteiger partial charge on any atom is 0.227 e. The highest BCUT2D eigenvalue weighted by Crippen LogP contribution is 2.63. The van der Waals surface area contributed by atoms with Gasteiger partial charge in [0.25, 0.3) is 0 Å². The summed E-state index contributed by atoms with van der Waals surface area (Å²) in [5.41, 5.74) is 31.8. The van der Waals surface area contributed by atoms with E-state index in [-0.39, 0.29) is 10.8 Å². The summed E-state index contributed by atoms with van der Waals surface area (Å²) in [4.78, 5) is 7.22. The number of nitrogens with one attached hydrogen (secondary N) is 4. The Balaban J connectivity index is 0.000000106. The zero-order valence-corrected chi connectivity index (χ0v) is 66.4. The van der Waals surface area contributed by atoms with Crippen LogP contribution < -0.4 is 26.0 Å². The van der Waals surface area contributed by atoms with Crippen LogP contribution in [0.2, 0.25) is 0 Å². The fraction of sp³-hybridized carbons (Fsp3) is 0.0455. The summed E-state index contributed by atoms with van der Waals surface area (Å²) in [5.74, 6) is 1.49. The molecule has 0 radical (unpaired) electrons. The average Bonchev–Trinajstić information content (AvgIpc) is 1.53. The molecule has 118 heavy (non-hydrogen) atoms. The van der Waals surface area contributed by atoms with Crippen LogP contribution in [0.1, 0.15) is 47.2 Å². The number of hydrogen-bond acceptors (Lipinski definition) is 8. The van der Waals surface area contributed by atoms with Crippen molar-refractivity contribution in [2.75, 3.05) is 28.4 Å². The molecule has 3 aliphatic rings. The van der Waals surface area contributed by atoms with Gasteiger partial charge in [-0.25, -0.2) is 4.98 Å². The Morgan fingerprint density at radius 3 is 1.38 bits per heavy atom. The molecule has 0 saturated carbocycles. The maximum absolute atomic E-state index is 5.84. The van der Waals surface area contributed by atoms with E-state index in [1.165, 1.54) is 120 Å². The lowest BCUT2D eigenvalue weighted by Crippen LogP contribution is -2.31. The SMILES string of the molecule is CC1(C)c2cc(Nc3ccc(-c4cccc5ccccc45)cc3)ccc2-c2c1ccc1ccccc21.COc1cccc(Nc2cccc(-c3ccccc3)c2)c1.c1ccc(-c2ccc(Nc3ccc(-c4nc5ccccc5o4)cc3)cc2)cc1.c1ccc(Nc2ccc3c(c2)C2(c4ccccc4Sc4ccccc42)c2ccccc2-3)cc1. The zero-order valence-electron chi connectivity index (χ0n) is 65.6. The first-order valence-electron chi connectivity index (χ1n) is 40.1. The van der Waals surface area contributed by atoms with E-state index in [9.17, 15) is 0 Å². The molecule has 18 aromatic carbocycles. The molecule has 0 saturated heterocycles. The molecule has 0 amide bonds. The lowest BCUT2D eigenvalue weighted by Gasteiger charge is -2.39. The third-order valence-corrected chi connectivity index (χ3v) is 23.9. The van der Waals surface area contributed by atoms with Crippen molar-refractivity contribution >= 4 is 89.9 Å². The van der Waals surface area contributed by atoms with Crippen molar-refractivity contribution in [2.45, 2.75) is 34.5 Å². The van der Waals surface area contributed by atoms with Crippen LogP contribution in [0.25, 0.3) is 99.7 Å². The van der Waals surface area contributed by atoms with Crippen molar-refractivity contribution in [3.8, 4) is 72.8 Å². The quantitative estimate of drug-likeness (QED) is 0.0909. The van der Waals surface area contributed by atoms with Gasteiger partial charge in [-0.05, 0) is 244 Å². The van der Waals surface area contributed by atoms with E-state index < -0.39 is 0 Å². The fourth-order valence-corrected chi connectivity index (χ4v) is 18.3. The monoisotopic (exact) mass is 1540 g/mol. The van der Waals surface area contributed by atoms with Gasteiger partial charge in [-0.1, -0.05) is 311 Å². The molecule has 7 nitrogen and oxygen atoms in total. The summed E-state index contributed by atoms with van der Waals surface area (Å²) in [6, 6.07) is 149. The number of nitrogens with zero attached hydrogens (tertiary/aromatic N) is 1. The van der Waals surface area contributed by atoms with E-state index in [0.717, 1.165) is 67.9 Å². The number of oxazole rings is 1. The van der Waals surface area contributed by atoms with E-state index in [2.05, 4.69) is 374 Å². The summed E-state index contributed by atoms with van der Waals surface area (Å²) >= 11 is 1.88. The van der Waals surface area contributed by atoms with Crippen molar-refractivity contribution < 1.29 is 9.15 Å². The Kier molecular flexibility index (Phi) is 20.1. The van der Waals surface area contributed by atoms with E-state index in [1.54, 1.807) is 7.11 Å². The molecule has 22 rings (SSSR count). The maximum atomic E-state index is 5.84. The van der Waals surface area contributed by atoms with E-state index in [4.69, 9.17) is 9.15 Å². The molecule has 0 unspecified atom stereocenters. The first-order valence-corrected chi connectivity index (χ1v) is 40.9. The number of fused-ring (bicyclic) bond motifs is 16. The van der Waals surface area contributed by atoms with Crippen molar-refractivity contribution in [1.82, 2.24) is 4.98 Å². The standard InChI is InChI=1S/C35H27N.C31H21NS.C25H18N2O.C19H17NO/c1-35(2)32-21-16-24-9-4-6-12-30(24)34(32)31-20-19-27(22-33(31)35)36-26-17-14-25(15-18-26)29-13-7-10-23-8-3-5-11-28(23)29;1-2-10-21(11-3-1)32-22-18-19-24-23-12-4-5-13-25(23)31(28(24)20-22)26-14-6-8-16-29(26)33-30-17-9-7-15-27(30)31;1-2-6-18(7-3-1)19-10-14-21(15-11-19)26-22-16-12-20(13-17-22)25-27-23-8-4-5-9-24(23)28-25;1-21-19-12-6-11-18(14-19)20-17-10-5-9-16(13-17)15-7-3-2-4-8-15/h3-22,36H,1-2H3;1-20,32H;1-17,26H;2-14,20H,1H3. The van der Waals surface area contributed by atoms with Gasteiger partial charge in [0.05, 0.1) is 12.5 Å². The number of aromatic nitrogens is 1. The van der Waals surface area contributed by atoms with Crippen LogP contribution in [0.5, 0.6) is 5.75 Å². The predicted octanol–water partition coefficient (Wildman–Crippen LogP) is 30.0. The third kappa shape index (κ3) is 14.6. The van der Waals surface area contributed by atoms with Gasteiger partial charge >= 0.3 is 0 Å². The molecular weight excluding hydrogens is 1460 g/mol. The fourth-order valence-electron chi connectivity index (χ4n) is 17.1. The molecule has 2 aliphatic carbocycles. The van der Waals surface area contributed by atoms with Crippen LogP contribution >= 0.6 is 11.8 Å². The molecule has 0 fully saturated rings. The average molecular weight is 1540 g/mol. The Hall–Kier alpha value is -14.7. The van der Waals surface area contributed by atoms with Crippen LogP contribution in [-0.4, -0.2) is 12.1 Å². The Morgan fingerprint density at radius 1 is 0.280 bits per heavy atom. The highest BCUT2D eigenvalue weighted by atomic mass is 32.2. The summed E-state index contributed by atoms with van der Waals surface area (Å²) < 4.78 is 11.1. The molecule has 0 atom stereocenters. The first-order chi connectivity index (χ1) is 58.1. The second kappa shape index (κ2) is 32.3. The number of rotatable bonds is 13. The Morgan fingerprint density at radius 2 is 0.712 bits per heavy atom. The first kappa shape index (κ1) is 73.5. The second-order valence-corrected chi connectivity index (χ2v) is 31.5. The number of methoxy groups -OCH3 is 1. The second-order valence-electron chi connectivity index (χ2n) is 30.4. The predicted molar refractivity (Wildman–Crippen MR) is 495 cm³/mol. The van der Waals surface area contributed by atoms with E-state index >= 15 is 0 Å². The number of para-hydroxylation sites is 3. The summed E-state index contributed by atoms with van der Waals surface area (Å²) in [6.07, 6.45) is 0. The molecule has 0 bridgehead atoms. The van der Waals surface area contributed by atoms with E-state index in [1.807, 2.05) is 103 Å². The van der Waals surface area contributed by atoms with Gasteiger partial charge in [-0.3, -0.25) is 0 Å². The van der Waals surface area contributed by atoms with Crippen LogP contribution in [0.3, 0.4) is 0 Å². The summed E-state index contributed by atoms with van der Waals surface area (Å²) in [5, 5.41) is 19.3. The van der Waals surface area contributed by atoms with Crippen LogP contribution in [0, 0.1) is 0 Å². The van der Waals surface area contributed by atoms with Gasteiger partial charge in [-0.15, -0.1) is 0 Å². The zero-order chi connectivity index (χ0) is 79.4. The van der Waals surface area contributed by atoms with Crippen LogP contribution in [-0.2, 0) is 10.8 Å². The van der Waals surface area contributed by atoms with Crippen LogP contribution in [0.15, 0.2) is 439 Å². The minimum Gasteiger partial charge on any atom is -0.497 e.